The molecule has 0 fully saturated rings. The molecule has 0 saturated carbocycles. The maximum absolute atomic E-state index is 12.0. The molecule has 0 aromatic rings. The van der Waals surface area contributed by atoms with Crippen molar-refractivity contribution in [3.8, 4) is 0 Å². The molecule has 40 heavy (non-hydrogen) atoms. The lowest BCUT2D eigenvalue weighted by Gasteiger charge is -2.13. The zero-order chi connectivity index (χ0) is 29.7. The van der Waals surface area contributed by atoms with Gasteiger partial charge in [-0.1, -0.05) is 79.8 Å². The Kier molecular flexibility index (Phi) is 24.0. The van der Waals surface area contributed by atoms with E-state index in [1.165, 1.54) is 14.0 Å². The average Bonchev–Trinajstić information content (AvgIpc) is 2.95. The number of allylic oxidation sites excluding steroid dienone is 12. The number of amides is 3. The van der Waals surface area contributed by atoms with Crippen LogP contribution in [0.25, 0.3) is 0 Å². The van der Waals surface area contributed by atoms with Crippen LogP contribution in [0.5, 0.6) is 0 Å². The summed E-state index contributed by atoms with van der Waals surface area (Å²) < 4.78 is 4.39. The molecule has 8 heteroatoms. The molecule has 0 aliphatic carbocycles. The monoisotopic (exact) mass is 553 g/mol. The van der Waals surface area contributed by atoms with Crippen molar-refractivity contribution in [3.63, 3.8) is 0 Å². The maximum Gasteiger partial charge on any atom is 0.330 e. The van der Waals surface area contributed by atoms with E-state index in [1.54, 1.807) is 0 Å². The molecule has 0 unspecified atom stereocenters. The molecule has 0 aromatic heterocycles. The first-order valence-electron chi connectivity index (χ1n) is 13.9. The van der Waals surface area contributed by atoms with Crippen LogP contribution >= 0.6 is 0 Å². The summed E-state index contributed by atoms with van der Waals surface area (Å²) in [6, 6.07) is -0.793. The Hall–Kier alpha value is -3.94. The molecular formula is C32H47N3O5. The van der Waals surface area contributed by atoms with Gasteiger partial charge in [-0.3, -0.25) is 14.4 Å². The molecule has 3 N–H and O–H groups in total. The van der Waals surface area contributed by atoms with Crippen molar-refractivity contribution >= 4 is 23.7 Å². The van der Waals surface area contributed by atoms with E-state index in [2.05, 4.69) is 88.4 Å². The number of rotatable bonds is 21. The summed E-state index contributed by atoms with van der Waals surface area (Å²) >= 11 is 0. The van der Waals surface area contributed by atoms with E-state index in [0.29, 0.717) is 12.8 Å². The minimum absolute atomic E-state index is 0.0944. The molecule has 1 atom stereocenters. The summed E-state index contributed by atoms with van der Waals surface area (Å²) in [4.78, 5) is 46.5. The second-order valence-electron chi connectivity index (χ2n) is 8.68. The van der Waals surface area contributed by atoms with E-state index < -0.39 is 23.8 Å². The van der Waals surface area contributed by atoms with Gasteiger partial charge in [-0.2, -0.15) is 0 Å². The van der Waals surface area contributed by atoms with Crippen LogP contribution in [0.1, 0.15) is 65.2 Å². The van der Waals surface area contributed by atoms with Crippen molar-refractivity contribution in [1.29, 1.82) is 0 Å². The molecule has 0 bridgehead atoms. The standard InChI is InChI=1S/C32H47N3O5/c1-4-5-6-7-8-9-10-11-12-13-14-15-16-17-18-19-20-21-22-23-29(36)33-26-27-34-32(39)28(2)35-30(37)24-25-31(38)40-3/h5-6,8-9,11-12,14-15,17-18,20-21,24-25,28H,4,7,10,13,16,19,22-23,26-27H2,1-3H3,(H,33,36)(H,34,39)(H,35,37)/b6-5-,9-8-,12-11-,15-14-,18-17-,21-20-,25-24+/t28-/m0/s1. The van der Waals surface area contributed by atoms with Crippen LogP contribution < -0.4 is 16.0 Å². The highest BCUT2D eigenvalue weighted by Gasteiger charge is 2.13. The third-order valence-corrected chi connectivity index (χ3v) is 5.21. The normalized spacial score (nSPS) is 13.0. The second kappa shape index (κ2) is 26.7. The van der Waals surface area contributed by atoms with Gasteiger partial charge in [0.1, 0.15) is 6.04 Å². The summed E-state index contributed by atoms with van der Waals surface area (Å²) in [5.74, 6) is -1.74. The van der Waals surface area contributed by atoms with Gasteiger partial charge >= 0.3 is 5.97 Å². The van der Waals surface area contributed by atoms with Gasteiger partial charge in [0.2, 0.25) is 17.7 Å². The molecule has 0 rings (SSSR count). The lowest BCUT2D eigenvalue weighted by molar-refractivity contribution is -0.135. The molecule has 220 valence electrons. The van der Waals surface area contributed by atoms with Gasteiger partial charge in [0.15, 0.2) is 0 Å². The number of carbonyl (C=O) groups is 4. The topological polar surface area (TPSA) is 114 Å². The number of methoxy groups -OCH3 is 1. The van der Waals surface area contributed by atoms with Crippen molar-refractivity contribution in [1.82, 2.24) is 16.0 Å². The van der Waals surface area contributed by atoms with E-state index in [-0.39, 0.29) is 19.0 Å². The highest BCUT2D eigenvalue weighted by Crippen LogP contribution is 1.98. The minimum Gasteiger partial charge on any atom is -0.466 e. The van der Waals surface area contributed by atoms with Crippen LogP contribution in [0, 0.1) is 0 Å². The van der Waals surface area contributed by atoms with Gasteiger partial charge in [0.25, 0.3) is 0 Å². The van der Waals surface area contributed by atoms with Crippen molar-refractivity contribution in [2.45, 2.75) is 71.3 Å². The van der Waals surface area contributed by atoms with Gasteiger partial charge in [-0.25, -0.2) is 4.79 Å². The molecule has 0 radical (unpaired) electrons. The molecule has 3 amide bonds. The second-order valence-corrected chi connectivity index (χ2v) is 8.68. The number of nitrogens with one attached hydrogen (secondary N) is 3. The lowest BCUT2D eigenvalue weighted by atomic mass is 10.2. The zero-order valence-electron chi connectivity index (χ0n) is 24.3. The number of carbonyl (C=O) groups excluding carboxylic acids is 4. The Morgan fingerprint density at radius 3 is 1.65 bits per heavy atom. The number of ether oxygens (including phenoxy) is 1. The van der Waals surface area contributed by atoms with Gasteiger partial charge in [0, 0.05) is 31.7 Å². The van der Waals surface area contributed by atoms with Crippen LogP contribution in [0.15, 0.2) is 85.1 Å². The Bertz CT molecular complexity index is 942. The van der Waals surface area contributed by atoms with Gasteiger partial charge in [-0.15, -0.1) is 0 Å². The third-order valence-electron chi connectivity index (χ3n) is 5.21. The quantitative estimate of drug-likeness (QED) is 0.0807. The van der Waals surface area contributed by atoms with Crippen molar-refractivity contribution in [2.75, 3.05) is 20.2 Å². The summed E-state index contributed by atoms with van der Waals surface area (Å²) in [5, 5.41) is 7.81. The minimum atomic E-state index is -0.793. The number of esters is 1. The molecule has 8 nitrogen and oxygen atoms in total. The predicted octanol–water partition coefficient (Wildman–Crippen LogP) is 4.93. The molecule has 0 aliphatic heterocycles. The van der Waals surface area contributed by atoms with Gasteiger partial charge in [-0.05, 0) is 51.9 Å². The Labute approximate surface area is 240 Å². The highest BCUT2D eigenvalue weighted by molar-refractivity contribution is 5.96. The van der Waals surface area contributed by atoms with E-state index in [1.807, 2.05) is 12.2 Å². The predicted molar refractivity (Wildman–Crippen MR) is 162 cm³/mol. The van der Waals surface area contributed by atoms with Crippen LogP contribution in [0.2, 0.25) is 0 Å². The Balaban J connectivity index is 3.79. The number of hydrogen-bond acceptors (Lipinski definition) is 5. The molecule has 0 heterocycles. The fourth-order valence-electron chi connectivity index (χ4n) is 3.02. The summed E-state index contributed by atoms with van der Waals surface area (Å²) in [5.41, 5.74) is 0. The summed E-state index contributed by atoms with van der Waals surface area (Å²) in [7, 11) is 1.20. The first-order chi connectivity index (χ1) is 19.4. The van der Waals surface area contributed by atoms with E-state index in [0.717, 1.165) is 50.7 Å². The first-order valence-corrected chi connectivity index (χ1v) is 13.9. The molecule has 0 saturated heterocycles. The van der Waals surface area contributed by atoms with E-state index in [4.69, 9.17) is 0 Å². The van der Waals surface area contributed by atoms with Crippen molar-refractivity contribution in [3.05, 3.63) is 85.1 Å². The molecule has 0 aromatic carbocycles. The summed E-state index contributed by atoms with van der Waals surface area (Å²) in [6.07, 6.45) is 34.4. The van der Waals surface area contributed by atoms with Crippen LogP contribution in [0.3, 0.4) is 0 Å². The van der Waals surface area contributed by atoms with E-state index >= 15 is 0 Å². The van der Waals surface area contributed by atoms with Gasteiger partial charge in [0.05, 0.1) is 7.11 Å². The van der Waals surface area contributed by atoms with Crippen LogP contribution in [-0.4, -0.2) is 49.9 Å². The first kappa shape index (κ1) is 36.1. The average molecular weight is 554 g/mol. The SMILES string of the molecule is CC/C=C\C/C=C\C/C=C\C/C=C\C/C=C\C/C=C\CCC(=O)NCCNC(=O)[C@H](C)NC(=O)/C=C/C(=O)OC. The molecule has 0 spiro atoms. The largest absolute Gasteiger partial charge is 0.466 e. The Morgan fingerprint density at radius 1 is 0.675 bits per heavy atom. The van der Waals surface area contributed by atoms with Crippen LogP contribution in [-0.2, 0) is 23.9 Å². The molecule has 0 aliphatic rings. The van der Waals surface area contributed by atoms with Crippen LogP contribution in [0.4, 0.5) is 0 Å². The zero-order valence-corrected chi connectivity index (χ0v) is 24.3. The highest BCUT2D eigenvalue weighted by atomic mass is 16.5. The summed E-state index contributed by atoms with van der Waals surface area (Å²) in [6.45, 7) is 4.18. The fraction of sp³-hybridized carbons (Fsp3) is 0.438. The molecular weight excluding hydrogens is 506 g/mol. The van der Waals surface area contributed by atoms with Crippen molar-refractivity contribution < 1.29 is 23.9 Å². The lowest BCUT2D eigenvalue weighted by Crippen LogP contribution is -2.46. The third kappa shape index (κ3) is 24.4. The maximum atomic E-state index is 12.0. The van der Waals surface area contributed by atoms with E-state index in [9.17, 15) is 19.2 Å². The number of hydrogen-bond donors (Lipinski definition) is 3. The Morgan fingerprint density at radius 2 is 1.15 bits per heavy atom. The fourth-order valence-corrected chi connectivity index (χ4v) is 3.02. The smallest absolute Gasteiger partial charge is 0.330 e. The van der Waals surface area contributed by atoms with Gasteiger partial charge < -0.3 is 20.7 Å². The van der Waals surface area contributed by atoms with Crippen molar-refractivity contribution in [2.24, 2.45) is 0 Å².